The first-order chi connectivity index (χ1) is 25.0. The molecule has 4 N–H and O–H groups in total. The second-order valence-electron chi connectivity index (χ2n) is 16.9. The van der Waals surface area contributed by atoms with Crippen LogP contribution in [-0.2, 0) is 26.8 Å². The number of aliphatic hydroxyl groups excluding tert-OH is 2. The second-order valence-corrected chi connectivity index (χ2v) is 16.9. The molecule has 0 radical (unpaired) electrons. The summed E-state index contributed by atoms with van der Waals surface area (Å²) < 4.78 is 12.3. The SMILES string of the molecule is CC[C@]1(O)C[C@H]2CN(CCc3c([nH]c4ccccc34)[C@@](C(=O)OC)(c3cc4c(cc3OC)N(C)[C@H]3[C@H](O)[C@H](O)[C@]5(CC)C=CCN6CC[C@]43C65)C2)C1. The van der Waals surface area contributed by atoms with E-state index in [-0.39, 0.29) is 24.0 Å². The summed E-state index contributed by atoms with van der Waals surface area (Å²) >= 11 is 0. The summed E-state index contributed by atoms with van der Waals surface area (Å²) in [6.45, 7) is 7.99. The van der Waals surface area contributed by atoms with Crippen LogP contribution in [0, 0.1) is 11.3 Å². The number of piperidine rings is 1. The standard InChI is InChI=1S/C42H54N4O6/c1-6-39(50)21-25-22-42(38(49)52-5,34-27(13-17-45(23-25)24-39)26-11-8-9-12-30(26)43-34)29-19-28-31(20-32(29)51-4)44(3)35-33(47)36(48)40(7-2)14-10-16-46-18-15-41(28,35)37(40)46/h8-12,14,19-20,25,33,35-37,43,47-48,50H,6-7,13,15-18,21-24H2,1-5H3/t25-,33+,35+,36+,37?,39+,40+,41+,42+/m1/s1. The molecular weight excluding hydrogens is 656 g/mol. The fourth-order valence-corrected chi connectivity index (χ4v) is 12.6. The number of nitrogens with zero attached hydrogens (tertiary/aromatic N) is 3. The maximum Gasteiger partial charge on any atom is 0.322 e. The first kappa shape index (κ1) is 34.4. The topological polar surface area (TPSA) is 122 Å². The van der Waals surface area contributed by atoms with Crippen LogP contribution in [0.1, 0.15) is 68.3 Å². The van der Waals surface area contributed by atoms with Gasteiger partial charge >= 0.3 is 5.97 Å². The molecule has 1 saturated carbocycles. The summed E-state index contributed by atoms with van der Waals surface area (Å²) in [5.41, 5.74) is 2.45. The first-order valence-corrected chi connectivity index (χ1v) is 19.4. The summed E-state index contributed by atoms with van der Waals surface area (Å²) in [6.07, 6.45) is 6.32. The smallest absolute Gasteiger partial charge is 0.322 e. The number of hydrogen-bond acceptors (Lipinski definition) is 9. The highest BCUT2D eigenvalue weighted by molar-refractivity contribution is 5.94. The summed E-state index contributed by atoms with van der Waals surface area (Å²) in [6, 6.07) is 12.2. The first-order valence-electron chi connectivity index (χ1n) is 19.4. The average molecular weight is 711 g/mol. The predicted molar refractivity (Wildman–Crippen MR) is 200 cm³/mol. The van der Waals surface area contributed by atoms with Gasteiger partial charge in [-0.05, 0) is 74.2 Å². The van der Waals surface area contributed by atoms with Gasteiger partial charge in [0.25, 0.3) is 0 Å². The van der Waals surface area contributed by atoms with Crippen LogP contribution in [0.3, 0.4) is 0 Å². The van der Waals surface area contributed by atoms with Crippen LogP contribution in [-0.4, -0.2) is 120 Å². The Kier molecular flexibility index (Phi) is 7.79. The highest BCUT2D eigenvalue weighted by Gasteiger charge is 2.72. The van der Waals surface area contributed by atoms with Gasteiger partial charge in [-0.3, -0.25) is 14.6 Å². The van der Waals surface area contributed by atoms with Gasteiger partial charge in [0.1, 0.15) is 17.3 Å². The van der Waals surface area contributed by atoms with Crippen molar-refractivity contribution in [3.63, 3.8) is 0 Å². The lowest BCUT2D eigenvalue weighted by molar-refractivity contribution is -0.147. The number of ether oxygens (including phenoxy) is 2. The predicted octanol–water partition coefficient (Wildman–Crippen LogP) is 3.88. The van der Waals surface area contributed by atoms with Crippen molar-refractivity contribution in [3.8, 4) is 5.75 Å². The molecule has 10 heteroatoms. The van der Waals surface area contributed by atoms with E-state index in [1.807, 2.05) is 13.1 Å². The molecule has 9 rings (SSSR count). The molecule has 1 spiro atoms. The van der Waals surface area contributed by atoms with Gasteiger partial charge in [0.15, 0.2) is 0 Å². The van der Waals surface area contributed by atoms with Crippen molar-refractivity contribution < 1.29 is 29.6 Å². The minimum absolute atomic E-state index is 0.00782. The van der Waals surface area contributed by atoms with Crippen molar-refractivity contribution >= 4 is 22.6 Å². The second kappa shape index (κ2) is 11.8. The number of nitrogens with one attached hydrogen (secondary N) is 1. The molecule has 2 aromatic carbocycles. The number of para-hydroxylation sites is 1. The van der Waals surface area contributed by atoms with Crippen LogP contribution in [0.25, 0.3) is 10.9 Å². The van der Waals surface area contributed by atoms with Gasteiger partial charge in [0.05, 0.1) is 32.0 Å². The molecule has 1 aromatic heterocycles. The maximum absolute atomic E-state index is 15.1. The van der Waals surface area contributed by atoms with Gasteiger partial charge in [0.2, 0.25) is 0 Å². The Morgan fingerprint density at radius 2 is 1.87 bits per heavy atom. The van der Waals surface area contributed by atoms with Crippen molar-refractivity contribution in [2.45, 2.75) is 93.1 Å². The Bertz CT molecular complexity index is 1960. The van der Waals surface area contributed by atoms with Crippen molar-refractivity contribution in [1.29, 1.82) is 0 Å². The fraction of sp³-hybridized carbons (Fsp3) is 0.595. The Balaban J connectivity index is 1.34. The summed E-state index contributed by atoms with van der Waals surface area (Å²) in [7, 11) is 5.18. The Hall–Kier alpha value is -3.41. The third kappa shape index (κ3) is 4.27. The summed E-state index contributed by atoms with van der Waals surface area (Å²) in [5.74, 6) is 0.226. The molecule has 5 aliphatic heterocycles. The normalized spacial score (nSPS) is 39.2. The highest BCUT2D eigenvalue weighted by Crippen LogP contribution is 2.65. The number of carbonyl (C=O) groups is 1. The molecule has 6 heterocycles. The maximum atomic E-state index is 15.1. The Labute approximate surface area is 306 Å². The minimum Gasteiger partial charge on any atom is -0.496 e. The zero-order valence-electron chi connectivity index (χ0n) is 31.2. The number of H-pyrrole nitrogens is 1. The number of esters is 1. The number of aromatic nitrogens is 1. The third-order valence-electron chi connectivity index (χ3n) is 14.8. The van der Waals surface area contributed by atoms with Crippen LogP contribution in [0.4, 0.5) is 5.69 Å². The number of fused-ring (bicyclic) bond motifs is 6. The lowest BCUT2D eigenvalue weighted by Gasteiger charge is -2.60. The fourth-order valence-electron chi connectivity index (χ4n) is 12.6. The van der Waals surface area contributed by atoms with E-state index in [9.17, 15) is 15.3 Å². The van der Waals surface area contributed by atoms with Crippen molar-refractivity contribution in [2.24, 2.45) is 11.3 Å². The number of benzene rings is 2. The van der Waals surface area contributed by atoms with Crippen LogP contribution >= 0.6 is 0 Å². The molecule has 2 unspecified atom stereocenters. The molecular formula is C42H54N4O6. The molecule has 10 nitrogen and oxygen atoms in total. The summed E-state index contributed by atoms with van der Waals surface area (Å²) in [5, 5.41) is 37.1. The molecule has 2 bridgehead atoms. The molecule has 3 fully saturated rings. The number of likely N-dealkylation sites (N-methyl/N-ethyl adjacent to an activating group) is 1. The number of anilines is 1. The van der Waals surface area contributed by atoms with Gasteiger partial charge in [-0.2, -0.15) is 0 Å². The zero-order valence-corrected chi connectivity index (χ0v) is 31.2. The molecule has 278 valence electrons. The van der Waals surface area contributed by atoms with E-state index in [1.54, 1.807) is 7.11 Å². The van der Waals surface area contributed by atoms with E-state index in [2.05, 4.69) is 76.0 Å². The lowest BCUT2D eigenvalue weighted by atomic mass is 9.51. The number of methoxy groups -OCH3 is 2. The molecule has 1 aliphatic carbocycles. The van der Waals surface area contributed by atoms with Gasteiger partial charge in [0, 0.05) is 84.0 Å². The third-order valence-corrected chi connectivity index (χ3v) is 14.8. The Morgan fingerprint density at radius 1 is 1.06 bits per heavy atom. The number of aromatic amines is 1. The van der Waals surface area contributed by atoms with Crippen LogP contribution in [0.15, 0.2) is 48.6 Å². The van der Waals surface area contributed by atoms with Crippen LogP contribution < -0.4 is 9.64 Å². The van der Waals surface area contributed by atoms with Gasteiger partial charge in [-0.15, -0.1) is 0 Å². The van der Waals surface area contributed by atoms with E-state index in [0.717, 1.165) is 71.6 Å². The zero-order chi connectivity index (χ0) is 36.4. The number of aliphatic hydroxyl groups is 3. The van der Waals surface area contributed by atoms with E-state index in [4.69, 9.17) is 9.47 Å². The Morgan fingerprint density at radius 3 is 2.62 bits per heavy atom. The average Bonchev–Trinajstić information content (AvgIpc) is 3.81. The quantitative estimate of drug-likeness (QED) is 0.231. The monoisotopic (exact) mass is 710 g/mol. The van der Waals surface area contributed by atoms with E-state index < -0.39 is 34.1 Å². The van der Waals surface area contributed by atoms with Crippen LogP contribution in [0.5, 0.6) is 5.75 Å². The lowest BCUT2D eigenvalue weighted by Crippen LogP contribution is -2.73. The molecule has 6 aliphatic rings. The number of carbonyl (C=O) groups excluding carboxylic acids is 1. The van der Waals surface area contributed by atoms with Gasteiger partial charge in [-0.1, -0.05) is 44.2 Å². The molecule has 2 saturated heterocycles. The summed E-state index contributed by atoms with van der Waals surface area (Å²) in [4.78, 5) is 26.0. The molecule has 3 aromatic rings. The van der Waals surface area contributed by atoms with Crippen LogP contribution in [0.2, 0.25) is 0 Å². The van der Waals surface area contributed by atoms with E-state index in [0.29, 0.717) is 44.4 Å². The van der Waals surface area contributed by atoms with E-state index in [1.165, 1.54) is 7.11 Å². The van der Waals surface area contributed by atoms with Crippen molar-refractivity contribution in [1.82, 2.24) is 14.8 Å². The number of rotatable bonds is 5. The van der Waals surface area contributed by atoms with Crippen molar-refractivity contribution in [2.75, 3.05) is 58.9 Å². The van der Waals surface area contributed by atoms with Gasteiger partial charge < -0.3 is 34.7 Å². The number of hydrogen-bond donors (Lipinski definition) is 4. The molecule has 0 amide bonds. The largest absolute Gasteiger partial charge is 0.496 e. The molecule has 10 atom stereocenters. The molecule has 52 heavy (non-hydrogen) atoms. The highest BCUT2D eigenvalue weighted by atomic mass is 16.5. The van der Waals surface area contributed by atoms with Crippen molar-refractivity contribution in [3.05, 3.63) is 70.9 Å². The van der Waals surface area contributed by atoms with Gasteiger partial charge in [-0.25, -0.2) is 0 Å². The van der Waals surface area contributed by atoms with E-state index >= 15 is 4.79 Å². The minimum atomic E-state index is -1.29.